The van der Waals surface area contributed by atoms with Gasteiger partial charge in [-0.1, -0.05) is 65.0 Å². The molecule has 3 rings (SSSR count). The maximum absolute atomic E-state index is 11.6. The topological polar surface area (TPSA) is 110 Å². The van der Waals surface area contributed by atoms with E-state index in [0.29, 0.717) is 33.0 Å². The number of primary sulfonamides is 1. The van der Waals surface area contributed by atoms with Gasteiger partial charge in [0.25, 0.3) is 0 Å². The molecule has 0 aliphatic heterocycles. The largest absolute Gasteiger partial charge is 0.360 e. The molecule has 0 bridgehead atoms. The molecule has 1 heterocycles. The molecule has 0 saturated carbocycles. The summed E-state index contributed by atoms with van der Waals surface area (Å²) in [5.41, 5.74) is 2.98. The second-order valence-electron chi connectivity index (χ2n) is 6.65. The summed E-state index contributed by atoms with van der Waals surface area (Å²) in [6, 6.07) is 13.5. The number of aromatic nitrogens is 1. The van der Waals surface area contributed by atoms with Crippen LogP contribution in [0.4, 0.5) is 0 Å². The Labute approximate surface area is 195 Å². The predicted molar refractivity (Wildman–Crippen MR) is 127 cm³/mol. The van der Waals surface area contributed by atoms with Crippen LogP contribution in [0.5, 0.6) is 0 Å². The van der Waals surface area contributed by atoms with Crippen LogP contribution < -0.4 is 5.14 Å². The van der Waals surface area contributed by atoms with E-state index in [2.05, 4.69) is 5.16 Å². The summed E-state index contributed by atoms with van der Waals surface area (Å²) in [5, 5.41) is 20.3. The molecule has 0 spiro atoms. The molecule has 1 aromatic heterocycles. The normalized spacial score (nSPS) is 11.5. The number of halogens is 1. The van der Waals surface area contributed by atoms with Gasteiger partial charge in [0.15, 0.2) is 4.32 Å². The molecule has 0 unspecified atom stereocenters. The molecule has 2 aromatic carbocycles. The van der Waals surface area contributed by atoms with Crippen LogP contribution in [-0.2, 0) is 16.4 Å². The van der Waals surface area contributed by atoms with Crippen molar-refractivity contribution in [1.82, 2.24) is 10.2 Å². The molecule has 0 amide bonds. The average Bonchev–Trinajstić information content (AvgIpc) is 3.14. The Hall–Kier alpha value is -1.95. The van der Waals surface area contributed by atoms with Gasteiger partial charge >= 0.3 is 0 Å². The van der Waals surface area contributed by atoms with Gasteiger partial charge in [0.05, 0.1) is 10.5 Å². The summed E-state index contributed by atoms with van der Waals surface area (Å²) in [7, 11) is -2.31. The van der Waals surface area contributed by atoms with E-state index in [-0.39, 0.29) is 4.90 Å². The molecule has 0 saturated heterocycles. The minimum Gasteiger partial charge on any atom is -0.360 e. The van der Waals surface area contributed by atoms with Gasteiger partial charge in [-0.3, -0.25) is 5.21 Å². The van der Waals surface area contributed by atoms with Gasteiger partial charge in [-0.05, 0) is 36.2 Å². The Bertz CT molecular complexity index is 1160. The minimum atomic E-state index is -3.79. The molecule has 0 aliphatic carbocycles. The maximum Gasteiger partial charge on any atom is 0.238 e. The summed E-state index contributed by atoms with van der Waals surface area (Å²) in [6.45, 7) is 0. The van der Waals surface area contributed by atoms with Crippen LogP contribution in [0.3, 0.4) is 0 Å². The lowest BCUT2D eigenvalue weighted by Crippen LogP contribution is -2.17. The fraction of sp³-hybridized carbons (Fsp3) is 0.200. The highest BCUT2D eigenvalue weighted by molar-refractivity contribution is 8.22. The number of nitrogens with zero attached hydrogens (tertiary/aromatic N) is 2. The monoisotopic (exact) mass is 497 g/mol. The van der Waals surface area contributed by atoms with Crippen LogP contribution in [0.25, 0.3) is 22.4 Å². The molecule has 7 nitrogen and oxygen atoms in total. The Kier molecular flexibility index (Phi) is 7.73. The van der Waals surface area contributed by atoms with E-state index < -0.39 is 10.0 Å². The Balaban J connectivity index is 1.92. The zero-order valence-electron chi connectivity index (χ0n) is 16.5. The molecule has 0 aliphatic rings. The number of thioether (sulfide) groups is 1. The third-order valence-electron chi connectivity index (χ3n) is 4.39. The first-order valence-electron chi connectivity index (χ1n) is 9.14. The third kappa shape index (κ3) is 6.06. The van der Waals surface area contributed by atoms with Crippen LogP contribution in [0.1, 0.15) is 12.2 Å². The van der Waals surface area contributed by atoms with Crippen molar-refractivity contribution in [1.29, 1.82) is 0 Å². The number of rotatable bonds is 7. The SMILES string of the molecule is CN(O)C(=S)SCCCc1onc(-c2ccc(Cl)cc2)c1-c1ccc(S(N)(=O)=O)cc1. The van der Waals surface area contributed by atoms with Crippen LogP contribution in [0, 0.1) is 0 Å². The zero-order valence-corrected chi connectivity index (χ0v) is 19.7. The number of thiocarbonyl (C=S) groups is 1. The lowest BCUT2D eigenvalue weighted by Gasteiger charge is -2.10. The van der Waals surface area contributed by atoms with Crippen molar-refractivity contribution in [3.05, 3.63) is 59.3 Å². The first-order valence-corrected chi connectivity index (χ1v) is 12.5. The lowest BCUT2D eigenvalue weighted by atomic mass is 9.98. The number of sulfonamides is 1. The molecule has 3 N–H and O–H groups in total. The van der Waals surface area contributed by atoms with Crippen LogP contribution in [-0.4, -0.2) is 41.0 Å². The van der Waals surface area contributed by atoms with Crippen molar-refractivity contribution >= 4 is 49.9 Å². The van der Waals surface area contributed by atoms with Crippen molar-refractivity contribution in [2.75, 3.05) is 12.8 Å². The van der Waals surface area contributed by atoms with E-state index >= 15 is 0 Å². The molecular weight excluding hydrogens is 478 g/mol. The van der Waals surface area contributed by atoms with Crippen molar-refractivity contribution in [3.63, 3.8) is 0 Å². The number of hydrogen-bond acceptors (Lipinski definition) is 7. The zero-order chi connectivity index (χ0) is 22.6. The lowest BCUT2D eigenvalue weighted by molar-refractivity contribution is 0.0205. The molecule has 0 radical (unpaired) electrons. The smallest absolute Gasteiger partial charge is 0.238 e. The van der Waals surface area contributed by atoms with Crippen LogP contribution >= 0.6 is 35.6 Å². The molecule has 3 aromatic rings. The average molecular weight is 498 g/mol. The second-order valence-corrected chi connectivity index (χ2v) is 10.4. The molecule has 31 heavy (non-hydrogen) atoms. The number of benzene rings is 2. The number of nitrogens with two attached hydrogens (primary N) is 1. The molecule has 164 valence electrons. The number of hydroxylamine groups is 2. The summed E-state index contributed by atoms with van der Waals surface area (Å²) in [4.78, 5) is 0.0281. The second kappa shape index (κ2) is 10.1. The minimum absolute atomic E-state index is 0.0281. The van der Waals surface area contributed by atoms with Gasteiger partial charge in [0.2, 0.25) is 10.0 Å². The Morgan fingerprint density at radius 2 is 1.81 bits per heavy atom. The fourth-order valence-corrected chi connectivity index (χ4v) is 4.44. The number of aryl methyl sites for hydroxylation is 1. The highest BCUT2D eigenvalue weighted by Gasteiger charge is 2.20. The van der Waals surface area contributed by atoms with E-state index in [1.54, 1.807) is 24.3 Å². The van der Waals surface area contributed by atoms with Gasteiger partial charge in [0, 0.05) is 29.8 Å². The third-order valence-corrected chi connectivity index (χ3v) is 7.19. The quantitative estimate of drug-likeness (QED) is 0.277. The van der Waals surface area contributed by atoms with E-state index in [1.165, 1.54) is 30.9 Å². The van der Waals surface area contributed by atoms with E-state index in [1.807, 2.05) is 12.1 Å². The van der Waals surface area contributed by atoms with E-state index in [9.17, 15) is 13.6 Å². The fourth-order valence-electron chi connectivity index (χ4n) is 2.89. The molecule has 0 fully saturated rings. The summed E-state index contributed by atoms with van der Waals surface area (Å²) < 4.78 is 29.2. The van der Waals surface area contributed by atoms with E-state index in [0.717, 1.165) is 28.2 Å². The van der Waals surface area contributed by atoms with Crippen molar-refractivity contribution in [2.24, 2.45) is 5.14 Å². The van der Waals surface area contributed by atoms with Crippen LogP contribution in [0.15, 0.2) is 57.9 Å². The Morgan fingerprint density at radius 3 is 2.39 bits per heavy atom. The first-order chi connectivity index (χ1) is 14.7. The van der Waals surface area contributed by atoms with Gasteiger partial charge in [-0.25, -0.2) is 18.6 Å². The summed E-state index contributed by atoms with van der Waals surface area (Å²) in [6.07, 6.45) is 1.31. The standard InChI is InChI=1S/C20H20ClN3O4S3/c1-24(25)20(29)30-12-2-3-17-18(13-6-10-16(11-7-13)31(22,26)27)19(23-28-17)14-4-8-15(21)9-5-14/h4-11,25H,2-3,12H2,1H3,(H2,22,26,27). The molecule has 0 atom stereocenters. The highest BCUT2D eigenvalue weighted by Crippen LogP contribution is 2.36. The summed E-state index contributed by atoms with van der Waals surface area (Å²) >= 11 is 12.4. The van der Waals surface area contributed by atoms with E-state index in [4.69, 9.17) is 33.5 Å². The van der Waals surface area contributed by atoms with Crippen molar-refractivity contribution < 1.29 is 18.1 Å². The van der Waals surface area contributed by atoms with Gasteiger partial charge in [-0.2, -0.15) is 0 Å². The summed E-state index contributed by atoms with van der Waals surface area (Å²) in [5.74, 6) is 1.35. The number of hydrogen-bond donors (Lipinski definition) is 2. The first kappa shape index (κ1) is 23.7. The maximum atomic E-state index is 11.6. The van der Waals surface area contributed by atoms with Crippen LogP contribution in [0.2, 0.25) is 5.02 Å². The highest BCUT2D eigenvalue weighted by atomic mass is 35.5. The Morgan fingerprint density at radius 1 is 1.19 bits per heavy atom. The molecule has 11 heteroatoms. The van der Waals surface area contributed by atoms with Gasteiger partial charge in [0.1, 0.15) is 11.5 Å². The van der Waals surface area contributed by atoms with Gasteiger partial charge in [-0.15, -0.1) is 0 Å². The van der Waals surface area contributed by atoms with Crippen molar-refractivity contribution in [3.8, 4) is 22.4 Å². The molecular formula is C20H20ClN3O4S3. The van der Waals surface area contributed by atoms with Gasteiger partial charge < -0.3 is 4.52 Å². The predicted octanol–water partition coefficient (Wildman–Crippen LogP) is 4.58. The van der Waals surface area contributed by atoms with Crippen molar-refractivity contribution in [2.45, 2.75) is 17.7 Å².